The highest BCUT2D eigenvalue weighted by atomic mass is 127. The van der Waals surface area contributed by atoms with E-state index in [1.165, 1.54) is 11.1 Å². The highest BCUT2D eigenvalue weighted by molar-refractivity contribution is 14.1. The van der Waals surface area contributed by atoms with Crippen LogP contribution in [-0.4, -0.2) is 5.91 Å². The van der Waals surface area contributed by atoms with Crippen molar-refractivity contribution < 1.29 is 4.79 Å². The third kappa shape index (κ3) is 2.65. The molecule has 0 aromatic heterocycles. The van der Waals surface area contributed by atoms with E-state index in [9.17, 15) is 4.79 Å². The summed E-state index contributed by atoms with van der Waals surface area (Å²) in [5.41, 5.74) is 9.73. The van der Waals surface area contributed by atoms with Crippen LogP contribution in [-0.2, 0) is 6.42 Å². The zero-order valence-electron chi connectivity index (χ0n) is 10.9. The summed E-state index contributed by atoms with van der Waals surface area (Å²) in [7, 11) is 0. The average molecular weight is 378 g/mol. The molecule has 20 heavy (non-hydrogen) atoms. The summed E-state index contributed by atoms with van der Waals surface area (Å²) in [6, 6.07) is 13.6. The van der Waals surface area contributed by atoms with Crippen LogP contribution in [0.5, 0.6) is 0 Å². The number of benzene rings is 2. The summed E-state index contributed by atoms with van der Waals surface area (Å²) in [5, 5.41) is 3.11. The fraction of sp³-hybridized carbons (Fsp3) is 0.188. The monoisotopic (exact) mass is 378 g/mol. The van der Waals surface area contributed by atoms with E-state index in [4.69, 9.17) is 5.73 Å². The van der Waals surface area contributed by atoms with Crippen LogP contribution >= 0.6 is 22.6 Å². The lowest BCUT2D eigenvalue weighted by molar-refractivity contribution is 0.0936. The van der Waals surface area contributed by atoms with Gasteiger partial charge in [0.25, 0.3) is 5.91 Å². The first-order chi connectivity index (χ1) is 9.63. The SMILES string of the molecule is Nc1ccc2c(c1)CCC2NC(=O)c1cccc(I)c1. The van der Waals surface area contributed by atoms with Crippen LogP contribution < -0.4 is 11.1 Å². The quantitative estimate of drug-likeness (QED) is 0.623. The summed E-state index contributed by atoms with van der Waals surface area (Å²) in [4.78, 5) is 12.3. The third-order valence-corrected chi connectivity index (χ3v) is 4.31. The Kier molecular flexibility index (Phi) is 3.65. The summed E-state index contributed by atoms with van der Waals surface area (Å²) >= 11 is 2.21. The smallest absolute Gasteiger partial charge is 0.251 e. The zero-order valence-corrected chi connectivity index (χ0v) is 13.1. The number of hydrogen-bond acceptors (Lipinski definition) is 2. The van der Waals surface area contributed by atoms with Gasteiger partial charge in [0.15, 0.2) is 0 Å². The Hall–Kier alpha value is -1.56. The molecule has 3 rings (SSSR count). The lowest BCUT2D eigenvalue weighted by Gasteiger charge is -2.14. The molecule has 3 nitrogen and oxygen atoms in total. The van der Waals surface area contributed by atoms with Crippen LogP contribution in [0.2, 0.25) is 0 Å². The molecule has 4 heteroatoms. The summed E-state index contributed by atoms with van der Waals surface area (Å²) in [6.45, 7) is 0. The van der Waals surface area contributed by atoms with E-state index >= 15 is 0 Å². The van der Waals surface area contributed by atoms with Gasteiger partial charge >= 0.3 is 0 Å². The molecule has 0 spiro atoms. The minimum absolute atomic E-state index is 0.0156. The average Bonchev–Trinajstić information content (AvgIpc) is 2.81. The molecular formula is C16H15IN2O. The van der Waals surface area contributed by atoms with Gasteiger partial charge in [-0.05, 0) is 76.9 Å². The Balaban J connectivity index is 1.79. The molecule has 1 unspecified atom stereocenters. The molecule has 1 aliphatic carbocycles. The maximum atomic E-state index is 12.3. The fourth-order valence-electron chi connectivity index (χ4n) is 2.66. The van der Waals surface area contributed by atoms with Gasteiger partial charge < -0.3 is 11.1 Å². The van der Waals surface area contributed by atoms with Gasteiger partial charge in [0, 0.05) is 14.8 Å². The highest BCUT2D eigenvalue weighted by Crippen LogP contribution is 2.32. The first kappa shape index (κ1) is 13.4. The maximum absolute atomic E-state index is 12.3. The van der Waals surface area contributed by atoms with E-state index in [0.717, 1.165) is 22.1 Å². The number of nitrogen functional groups attached to an aromatic ring is 1. The number of anilines is 1. The first-order valence-electron chi connectivity index (χ1n) is 6.58. The molecule has 102 valence electrons. The minimum Gasteiger partial charge on any atom is -0.399 e. The summed E-state index contributed by atoms with van der Waals surface area (Å²) < 4.78 is 1.06. The number of halogens is 1. The van der Waals surface area contributed by atoms with Gasteiger partial charge in [0.2, 0.25) is 0 Å². The number of carbonyl (C=O) groups is 1. The second kappa shape index (κ2) is 5.44. The number of nitrogens with one attached hydrogen (secondary N) is 1. The number of hydrogen-bond donors (Lipinski definition) is 2. The Labute approximate surface area is 131 Å². The molecule has 1 aliphatic rings. The van der Waals surface area contributed by atoms with Gasteiger partial charge in [0.05, 0.1) is 6.04 Å². The molecule has 0 aliphatic heterocycles. The molecule has 1 atom stereocenters. The first-order valence-corrected chi connectivity index (χ1v) is 7.66. The van der Waals surface area contributed by atoms with Crippen molar-refractivity contribution >= 4 is 34.2 Å². The summed E-state index contributed by atoms with van der Waals surface area (Å²) in [5.74, 6) is -0.0156. The number of rotatable bonds is 2. The third-order valence-electron chi connectivity index (χ3n) is 3.64. The van der Waals surface area contributed by atoms with E-state index in [-0.39, 0.29) is 11.9 Å². The van der Waals surface area contributed by atoms with Crippen LogP contribution in [0.15, 0.2) is 42.5 Å². The van der Waals surface area contributed by atoms with Crippen LogP contribution in [0, 0.1) is 3.57 Å². The lowest BCUT2D eigenvalue weighted by atomic mass is 10.1. The van der Waals surface area contributed by atoms with Crippen molar-refractivity contribution in [1.82, 2.24) is 5.32 Å². The van der Waals surface area contributed by atoms with E-state index in [0.29, 0.717) is 5.56 Å². The van der Waals surface area contributed by atoms with Crippen LogP contribution in [0.3, 0.4) is 0 Å². The molecule has 0 heterocycles. The number of fused-ring (bicyclic) bond motifs is 1. The largest absolute Gasteiger partial charge is 0.399 e. The van der Waals surface area contributed by atoms with Crippen molar-refractivity contribution in [3.63, 3.8) is 0 Å². The van der Waals surface area contributed by atoms with Gasteiger partial charge in [-0.2, -0.15) is 0 Å². The van der Waals surface area contributed by atoms with Crippen LogP contribution in [0.1, 0.15) is 33.9 Å². The van der Waals surface area contributed by atoms with Gasteiger partial charge in [-0.15, -0.1) is 0 Å². The highest BCUT2D eigenvalue weighted by Gasteiger charge is 2.24. The molecule has 0 saturated heterocycles. The molecule has 3 N–H and O–H groups in total. The predicted molar refractivity (Wildman–Crippen MR) is 88.5 cm³/mol. The molecular weight excluding hydrogens is 363 g/mol. The number of amides is 1. The number of aryl methyl sites for hydroxylation is 1. The molecule has 0 bridgehead atoms. The molecule has 2 aromatic carbocycles. The van der Waals surface area contributed by atoms with Gasteiger partial charge in [-0.3, -0.25) is 4.79 Å². The fourth-order valence-corrected chi connectivity index (χ4v) is 3.20. The van der Waals surface area contributed by atoms with E-state index < -0.39 is 0 Å². The Bertz CT molecular complexity index is 669. The van der Waals surface area contributed by atoms with E-state index in [1.807, 2.05) is 42.5 Å². The van der Waals surface area contributed by atoms with Gasteiger partial charge in [-0.25, -0.2) is 0 Å². The zero-order chi connectivity index (χ0) is 14.1. The van der Waals surface area contributed by atoms with Crippen molar-refractivity contribution in [1.29, 1.82) is 0 Å². The second-order valence-corrected chi connectivity index (χ2v) is 6.28. The Morgan fingerprint density at radius 1 is 1.25 bits per heavy atom. The number of nitrogens with two attached hydrogens (primary N) is 1. The summed E-state index contributed by atoms with van der Waals surface area (Å²) in [6.07, 6.45) is 1.91. The van der Waals surface area contributed by atoms with Crippen molar-refractivity contribution in [2.24, 2.45) is 0 Å². The van der Waals surface area contributed by atoms with Crippen LogP contribution in [0.4, 0.5) is 5.69 Å². The van der Waals surface area contributed by atoms with Crippen molar-refractivity contribution in [2.45, 2.75) is 18.9 Å². The Morgan fingerprint density at radius 2 is 2.10 bits per heavy atom. The second-order valence-electron chi connectivity index (χ2n) is 5.03. The topological polar surface area (TPSA) is 55.1 Å². The van der Waals surface area contributed by atoms with Crippen molar-refractivity contribution in [3.8, 4) is 0 Å². The van der Waals surface area contributed by atoms with Gasteiger partial charge in [-0.1, -0.05) is 12.1 Å². The molecule has 0 radical (unpaired) electrons. The van der Waals surface area contributed by atoms with Crippen LogP contribution in [0.25, 0.3) is 0 Å². The standard InChI is InChI=1S/C16H15IN2O/c17-12-3-1-2-11(8-12)16(20)19-15-7-4-10-9-13(18)5-6-14(10)15/h1-3,5-6,8-9,15H,4,7,18H2,(H,19,20). The lowest BCUT2D eigenvalue weighted by Crippen LogP contribution is -2.27. The normalized spacial score (nSPS) is 16.8. The van der Waals surface area contributed by atoms with Gasteiger partial charge in [0.1, 0.15) is 0 Å². The maximum Gasteiger partial charge on any atom is 0.251 e. The van der Waals surface area contributed by atoms with Crippen molar-refractivity contribution in [3.05, 3.63) is 62.7 Å². The molecule has 1 amide bonds. The predicted octanol–water partition coefficient (Wildman–Crippen LogP) is 3.29. The van der Waals surface area contributed by atoms with E-state index in [1.54, 1.807) is 0 Å². The number of carbonyl (C=O) groups excluding carboxylic acids is 1. The molecule has 2 aromatic rings. The Morgan fingerprint density at radius 3 is 2.90 bits per heavy atom. The van der Waals surface area contributed by atoms with E-state index in [2.05, 4.69) is 27.9 Å². The minimum atomic E-state index is -0.0156. The van der Waals surface area contributed by atoms with Crippen molar-refractivity contribution in [2.75, 3.05) is 5.73 Å². The molecule has 0 fully saturated rings. The molecule has 0 saturated carbocycles.